The van der Waals surface area contributed by atoms with E-state index in [1.165, 1.54) is 11.8 Å². The van der Waals surface area contributed by atoms with Gasteiger partial charge < -0.3 is 10.6 Å². The number of rotatable bonds is 5. The molecule has 0 saturated heterocycles. The van der Waals surface area contributed by atoms with Gasteiger partial charge in [0.2, 0.25) is 5.91 Å². The van der Waals surface area contributed by atoms with Crippen molar-refractivity contribution in [1.29, 1.82) is 0 Å². The summed E-state index contributed by atoms with van der Waals surface area (Å²) in [6, 6.07) is 16.6. The fourth-order valence-electron chi connectivity index (χ4n) is 1.85. The van der Waals surface area contributed by atoms with E-state index in [-0.39, 0.29) is 17.1 Å². The van der Waals surface area contributed by atoms with Crippen LogP contribution in [0.1, 0.15) is 17.3 Å². The van der Waals surface area contributed by atoms with Crippen LogP contribution in [0.25, 0.3) is 0 Å². The van der Waals surface area contributed by atoms with Crippen LogP contribution in [0.5, 0.6) is 0 Å². The summed E-state index contributed by atoms with van der Waals surface area (Å²) in [6.07, 6.45) is 0. The van der Waals surface area contributed by atoms with Gasteiger partial charge in [-0.25, -0.2) is 0 Å². The number of carbonyl (C=O) groups excluding carboxylic acids is 2. The van der Waals surface area contributed by atoms with Gasteiger partial charge in [0, 0.05) is 23.2 Å². The monoisotopic (exact) mass is 314 g/mol. The summed E-state index contributed by atoms with van der Waals surface area (Å²) in [5.41, 5.74) is 1.24. The zero-order valence-electron chi connectivity index (χ0n) is 12.5. The maximum Gasteiger partial charge on any atom is 0.251 e. The van der Waals surface area contributed by atoms with Crippen molar-refractivity contribution >= 4 is 29.3 Å². The highest BCUT2D eigenvalue weighted by Gasteiger charge is 2.14. The molecule has 1 atom stereocenters. The molecule has 2 amide bonds. The number of nitrogens with one attached hydrogen (secondary N) is 2. The first-order valence-electron chi connectivity index (χ1n) is 6.95. The molecule has 114 valence electrons. The first-order chi connectivity index (χ1) is 10.6. The maximum atomic E-state index is 12.2. The Morgan fingerprint density at radius 3 is 2.23 bits per heavy atom. The van der Waals surface area contributed by atoms with Gasteiger partial charge in [-0.2, -0.15) is 0 Å². The molecule has 0 aliphatic carbocycles. The minimum absolute atomic E-state index is 0.0680. The molecule has 0 aromatic heterocycles. The molecule has 0 spiro atoms. The lowest BCUT2D eigenvalue weighted by Crippen LogP contribution is -2.22. The fourth-order valence-corrected chi connectivity index (χ4v) is 2.74. The van der Waals surface area contributed by atoms with E-state index < -0.39 is 0 Å². The van der Waals surface area contributed by atoms with E-state index in [4.69, 9.17) is 0 Å². The van der Waals surface area contributed by atoms with Crippen molar-refractivity contribution in [2.24, 2.45) is 0 Å². The molecule has 2 N–H and O–H groups in total. The van der Waals surface area contributed by atoms with Crippen molar-refractivity contribution in [3.63, 3.8) is 0 Å². The van der Waals surface area contributed by atoms with Crippen molar-refractivity contribution in [2.45, 2.75) is 17.1 Å². The molecule has 4 nitrogen and oxygen atoms in total. The van der Waals surface area contributed by atoms with Gasteiger partial charge in [0.1, 0.15) is 0 Å². The SMILES string of the molecule is CNC(=O)c1ccc(NC(=O)[C@@H](C)Sc2ccccc2)cc1. The van der Waals surface area contributed by atoms with Gasteiger partial charge in [-0.1, -0.05) is 18.2 Å². The van der Waals surface area contributed by atoms with Crippen molar-refractivity contribution in [2.75, 3.05) is 12.4 Å². The number of benzene rings is 2. The molecule has 2 aromatic carbocycles. The minimum atomic E-state index is -0.207. The molecule has 0 unspecified atom stereocenters. The number of hydrogen-bond donors (Lipinski definition) is 2. The van der Waals surface area contributed by atoms with E-state index in [9.17, 15) is 9.59 Å². The Kier molecular flexibility index (Phi) is 5.61. The molecule has 2 aromatic rings. The van der Waals surface area contributed by atoms with Gasteiger partial charge in [0.05, 0.1) is 5.25 Å². The molecule has 0 heterocycles. The lowest BCUT2D eigenvalue weighted by atomic mass is 10.2. The van der Waals surface area contributed by atoms with Gasteiger partial charge in [-0.3, -0.25) is 9.59 Å². The molecule has 0 aliphatic heterocycles. The summed E-state index contributed by atoms with van der Waals surface area (Å²) >= 11 is 1.51. The Balaban J connectivity index is 1.95. The van der Waals surface area contributed by atoms with E-state index in [2.05, 4.69) is 10.6 Å². The predicted octanol–water partition coefficient (Wildman–Crippen LogP) is 3.17. The number of thioether (sulfide) groups is 1. The van der Waals surface area contributed by atoms with Gasteiger partial charge in [-0.05, 0) is 43.3 Å². The maximum absolute atomic E-state index is 12.2. The standard InChI is InChI=1S/C17H18N2O2S/c1-12(22-15-6-4-3-5-7-15)16(20)19-14-10-8-13(9-11-14)17(21)18-2/h3-12H,1-2H3,(H,18,21)(H,19,20)/t12-/m1/s1. The zero-order chi connectivity index (χ0) is 15.9. The first kappa shape index (κ1) is 16.1. The summed E-state index contributed by atoms with van der Waals surface area (Å²) in [4.78, 5) is 24.7. The minimum Gasteiger partial charge on any atom is -0.355 e. The van der Waals surface area contributed by atoms with Crippen molar-refractivity contribution in [3.05, 3.63) is 60.2 Å². The summed E-state index contributed by atoms with van der Waals surface area (Å²) < 4.78 is 0. The van der Waals surface area contributed by atoms with Crippen LogP contribution in [0.3, 0.4) is 0 Å². The fraction of sp³-hybridized carbons (Fsp3) is 0.176. The molecule has 2 rings (SSSR count). The molecule has 22 heavy (non-hydrogen) atoms. The summed E-state index contributed by atoms with van der Waals surface area (Å²) in [5.74, 6) is -0.215. The zero-order valence-corrected chi connectivity index (χ0v) is 13.3. The van der Waals surface area contributed by atoms with Crippen LogP contribution in [0.15, 0.2) is 59.5 Å². The second kappa shape index (κ2) is 7.66. The van der Waals surface area contributed by atoms with Gasteiger partial charge >= 0.3 is 0 Å². The molecule has 0 radical (unpaired) electrons. The Morgan fingerprint density at radius 2 is 1.64 bits per heavy atom. The molecular formula is C17H18N2O2S. The van der Waals surface area contributed by atoms with Crippen molar-refractivity contribution in [3.8, 4) is 0 Å². The van der Waals surface area contributed by atoms with E-state index in [0.29, 0.717) is 11.3 Å². The molecule has 0 bridgehead atoms. The summed E-state index contributed by atoms with van der Waals surface area (Å²) in [7, 11) is 1.58. The van der Waals surface area contributed by atoms with Crippen LogP contribution in [0, 0.1) is 0 Å². The van der Waals surface area contributed by atoms with Crippen molar-refractivity contribution < 1.29 is 9.59 Å². The van der Waals surface area contributed by atoms with E-state index in [1.807, 2.05) is 37.3 Å². The van der Waals surface area contributed by atoms with E-state index in [1.54, 1.807) is 31.3 Å². The van der Waals surface area contributed by atoms with E-state index >= 15 is 0 Å². The predicted molar refractivity (Wildman–Crippen MR) is 90.2 cm³/mol. The molecular weight excluding hydrogens is 296 g/mol. The third-order valence-electron chi connectivity index (χ3n) is 3.07. The van der Waals surface area contributed by atoms with Crippen LogP contribution >= 0.6 is 11.8 Å². The van der Waals surface area contributed by atoms with Crippen LogP contribution in [0.2, 0.25) is 0 Å². The lowest BCUT2D eigenvalue weighted by molar-refractivity contribution is -0.115. The van der Waals surface area contributed by atoms with Gasteiger partial charge in [-0.15, -0.1) is 11.8 Å². The Bertz CT molecular complexity index is 641. The van der Waals surface area contributed by atoms with Gasteiger partial charge in [0.25, 0.3) is 5.91 Å². The smallest absolute Gasteiger partial charge is 0.251 e. The molecule has 0 aliphatic rings. The second-order valence-corrected chi connectivity index (χ2v) is 6.13. The Labute approximate surface area is 134 Å². The number of hydrogen-bond acceptors (Lipinski definition) is 3. The van der Waals surface area contributed by atoms with Crippen molar-refractivity contribution in [1.82, 2.24) is 5.32 Å². The van der Waals surface area contributed by atoms with Crippen LogP contribution < -0.4 is 10.6 Å². The topological polar surface area (TPSA) is 58.2 Å². The third kappa shape index (κ3) is 4.36. The third-order valence-corrected chi connectivity index (χ3v) is 4.18. The molecule has 0 saturated carbocycles. The lowest BCUT2D eigenvalue weighted by Gasteiger charge is -2.12. The number of anilines is 1. The van der Waals surface area contributed by atoms with Gasteiger partial charge in [0.15, 0.2) is 0 Å². The number of carbonyl (C=O) groups is 2. The molecule has 5 heteroatoms. The largest absolute Gasteiger partial charge is 0.355 e. The van der Waals surface area contributed by atoms with Crippen LogP contribution in [-0.2, 0) is 4.79 Å². The highest BCUT2D eigenvalue weighted by atomic mass is 32.2. The van der Waals surface area contributed by atoms with Crippen LogP contribution in [-0.4, -0.2) is 24.1 Å². The Morgan fingerprint density at radius 1 is 1.00 bits per heavy atom. The second-order valence-electron chi connectivity index (χ2n) is 4.72. The van der Waals surface area contributed by atoms with Crippen LogP contribution in [0.4, 0.5) is 5.69 Å². The van der Waals surface area contributed by atoms with E-state index in [0.717, 1.165) is 4.90 Å². The highest BCUT2D eigenvalue weighted by molar-refractivity contribution is 8.00. The average Bonchev–Trinajstić information content (AvgIpc) is 2.55. The number of amides is 2. The quantitative estimate of drug-likeness (QED) is 0.834. The average molecular weight is 314 g/mol. The first-order valence-corrected chi connectivity index (χ1v) is 7.83. The highest BCUT2D eigenvalue weighted by Crippen LogP contribution is 2.23. The Hall–Kier alpha value is -2.27. The molecule has 0 fully saturated rings. The summed E-state index contributed by atoms with van der Waals surface area (Å²) in [5, 5.41) is 5.20. The summed E-state index contributed by atoms with van der Waals surface area (Å²) in [6.45, 7) is 1.87. The normalized spacial score (nSPS) is 11.5.